The van der Waals surface area contributed by atoms with E-state index >= 15 is 0 Å². The fourth-order valence-electron chi connectivity index (χ4n) is 2.25. The summed E-state index contributed by atoms with van der Waals surface area (Å²) in [6, 6.07) is 14.2. The van der Waals surface area contributed by atoms with Gasteiger partial charge in [0.2, 0.25) is 0 Å². The minimum atomic E-state index is -4.48. The molecule has 3 aromatic rings. The average Bonchev–Trinajstić information content (AvgIpc) is 2.54. The summed E-state index contributed by atoms with van der Waals surface area (Å²) < 4.78 is 33.1. The first-order valence-corrected chi connectivity index (χ1v) is 8.45. The SMILES string of the molecule is Cc1ccc(O)c(N=Nc2ccc3cc(S(=O)(=O)[O-])ccc3c2)c1.[Na+]. The van der Waals surface area contributed by atoms with Gasteiger partial charge in [-0.1, -0.05) is 18.2 Å². The van der Waals surface area contributed by atoms with Crippen molar-refractivity contribution in [3.8, 4) is 5.75 Å². The molecule has 1 N–H and O–H groups in total. The molecule has 25 heavy (non-hydrogen) atoms. The zero-order chi connectivity index (χ0) is 17.3. The van der Waals surface area contributed by atoms with Gasteiger partial charge in [-0.15, -0.1) is 5.11 Å². The Morgan fingerprint density at radius 2 is 1.60 bits per heavy atom. The number of nitrogens with zero attached hydrogens (tertiary/aromatic N) is 2. The number of rotatable bonds is 3. The maximum Gasteiger partial charge on any atom is 1.00 e. The molecule has 0 saturated carbocycles. The summed E-state index contributed by atoms with van der Waals surface area (Å²) in [5.41, 5.74) is 1.86. The van der Waals surface area contributed by atoms with Gasteiger partial charge in [0.25, 0.3) is 0 Å². The van der Waals surface area contributed by atoms with E-state index in [-0.39, 0.29) is 40.2 Å². The van der Waals surface area contributed by atoms with E-state index in [4.69, 9.17) is 0 Å². The molecule has 0 aliphatic rings. The molecule has 0 fully saturated rings. The molecule has 0 aliphatic carbocycles. The summed E-state index contributed by atoms with van der Waals surface area (Å²) in [6.07, 6.45) is 0. The Morgan fingerprint density at radius 3 is 2.32 bits per heavy atom. The number of benzene rings is 3. The zero-order valence-electron chi connectivity index (χ0n) is 13.7. The standard InChI is InChI=1S/C17H14N2O4S.Na/c1-11-2-7-17(20)16(8-11)19-18-14-5-3-13-10-15(24(21,22)23)6-4-12(13)9-14;/h2-10,20H,1H3,(H,21,22,23);/q;+1/p-1. The molecular weight excluding hydrogens is 351 g/mol. The molecule has 0 aromatic heterocycles. The van der Waals surface area contributed by atoms with Gasteiger partial charge < -0.3 is 9.66 Å². The quantitative estimate of drug-likeness (QED) is 0.428. The molecule has 0 saturated heterocycles. The van der Waals surface area contributed by atoms with Crippen LogP contribution in [0.4, 0.5) is 11.4 Å². The first kappa shape index (κ1) is 19.6. The van der Waals surface area contributed by atoms with Crippen LogP contribution in [0.1, 0.15) is 5.56 Å². The molecule has 0 amide bonds. The summed E-state index contributed by atoms with van der Waals surface area (Å²) in [5.74, 6) is 0.0374. The van der Waals surface area contributed by atoms with E-state index in [9.17, 15) is 18.1 Å². The number of hydrogen-bond acceptors (Lipinski definition) is 6. The molecule has 3 aromatic carbocycles. The smallest absolute Gasteiger partial charge is 0.744 e. The van der Waals surface area contributed by atoms with Gasteiger partial charge in [0.15, 0.2) is 0 Å². The van der Waals surface area contributed by atoms with Gasteiger partial charge >= 0.3 is 29.6 Å². The van der Waals surface area contributed by atoms with Crippen molar-refractivity contribution < 1.29 is 47.6 Å². The maximum absolute atomic E-state index is 11.0. The molecule has 0 radical (unpaired) electrons. The van der Waals surface area contributed by atoms with Crippen LogP contribution >= 0.6 is 0 Å². The van der Waals surface area contributed by atoms with Crippen LogP contribution in [0.15, 0.2) is 69.7 Å². The fourth-order valence-corrected chi connectivity index (χ4v) is 2.76. The molecule has 0 atom stereocenters. The number of phenols is 1. The van der Waals surface area contributed by atoms with E-state index in [2.05, 4.69) is 10.2 Å². The van der Waals surface area contributed by atoms with Crippen molar-refractivity contribution in [2.24, 2.45) is 10.2 Å². The normalized spacial score (nSPS) is 11.6. The van der Waals surface area contributed by atoms with Crippen molar-refractivity contribution in [3.63, 3.8) is 0 Å². The van der Waals surface area contributed by atoms with Crippen LogP contribution in [0.25, 0.3) is 10.8 Å². The van der Waals surface area contributed by atoms with Crippen LogP contribution in [0, 0.1) is 6.92 Å². The third kappa shape index (κ3) is 4.65. The van der Waals surface area contributed by atoms with Gasteiger partial charge in [-0.25, -0.2) is 8.42 Å². The average molecular weight is 364 g/mol. The second-order valence-corrected chi connectivity index (χ2v) is 6.72. The molecular formula is C17H13N2NaO4S. The Labute approximate surface area is 167 Å². The van der Waals surface area contributed by atoms with E-state index in [1.54, 1.807) is 42.5 Å². The van der Waals surface area contributed by atoms with Crippen molar-refractivity contribution in [3.05, 3.63) is 60.2 Å². The molecule has 0 bridgehead atoms. The zero-order valence-corrected chi connectivity index (χ0v) is 16.5. The Kier molecular flexibility index (Phi) is 5.97. The molecule has 122 valence electrons. The topological polar surface area (TPSA) is 102 Å². The number of azo groups is 1. The summed E-state index contributed by atoms with van der Waals surface area (Å²) in [6.45, 7) is 1.89. The number of aromatic hydroxyl groups is 1. The Hall–Kier alpha value is -1.77. The van der Waals surface area contributed by atoms with Crippen LogP contribution in [0.5, 0.6) is 5.75 Å². The third-order valence-corrected chi connectivity index (χ3v) is 4.32. The summed E-state index contributed by atoms with van der Waals surface area (Å²) >= 11 is 0. The second kappa shape index (κ2) is 7.63. The Morgan fingerprint density at radius 1 is 0.920 bits per heavy atom. The molecule has 0 aliphatic heterocycles. The summed E-state index contributed by atoms with van der Waals surface area (Å²) in [7, 11) is -4.48. The summed E-state index contributed by atoms with van der Waals surface area (Å²) in [5, 5.41) is 19.2. The predicted molar refractivity (Wildman–Crippen MR) is 88.9 cm³/mol. The number of hydrogen-bond donors (Lipinski definition) is 1. The van der Waals surface area contributed by atoms with Crippen molar-refractivity contribution in [1.82, 2.24) is 0 Å². The second-order valence-electron chi connectivity index (χ2n) is 5.34. The van der Waals surface area contributed by atoms with Crippen LogP contribution in [0.2, 0.25) is 0 Å². The van der Waals surface area contributed by atoms with Crippen LogP contribution < -0.4 is 29.6 Å². The molecule has 3 rings (SSSR count). The van der Waals surface area contributed by atoms with Gasteiger partial charge in [-0.2, -0.15) is 5.11 Å². The minimum absolute atomic E-state index is 0. The number of phenolic OH excluding ortho intramolecular Hbond substituents is 1. The minimum Gasteiger partial charge on any atom is -0.744 e. The van der Waals surface area contributed by atoms with Gasteiger partial charge in [-0.3, -0.25) is 0 Å². The van der Waals surface area contributed by atoms with Crippen molar-refractivity contribution in [1.29, 1.82) is 0 Å². The van der Waals surface area contributed by atoms with Crippen molar-refractivity contribution >= 4 is 32.3 Å². The third-order valence-electron chi connectivity index (χ3n) is 3.49. The van der Waals surface area contributed by atoms with Crippen molar-refractivity contribution in [2.45, 2.75) is 11.8 Å². The summed E-state index contributed by atoms with van der Waals surface area (Å²) in [4.78, 5) is -0.269. The number of fused-ring (bicyclic) bond motifs is 1. The number of aryl methyl sites for hydroxylation is 1. The largest absolute Gasteiger partial charge is 1.00 e. The Balaban J connectivity index is 0.00000225. The van der Waals surface area contributed by atoms with Gasteiger partial charge in [0.1, 0.15) is 21.6 Å². The first-order valence-electron chi connectivity index (χ1n) is 7.04. The van der Waals surface area contributed by atoms with E-state index < -0.39 is 10.1 Å². The maximum atomic E-state index is 11.0. The molecule has 0 spiro atoms. The van der Waals surface area contributed by atoms with E-state index in [1.807, 2.05) is 6.92 Å². The van der Waals surface area contributed by atoms with Gasteiger partial charge in [0.05, 0.1) is 10.6 Å². The molecule has 8 heteroatoms. The van der Waals surface area contributed by atoms with Crippen LogP contribution in [-0.2, 0) is 10.1 Å². The van der Waals surface area contributed by atoms with E-state index in [1.165, 1.54) is 12.1 Å². The van der Waals surface area contributed by atoms with E-state index in [0.29, 0.717) is 16.8 Å². The van der Waals surface area contributed by atoms with Gasteiger partial charge in [0, 0.05) is 0 Å². The first-order chi connectivity index (χ1) is 11.3. The molecule has 0 heterocycles. The van der Waals surface area contributed by atoms with Gasteiger partial charge in [-0.05, 0) is 59.7 Å². The Bertz CT molecular complexity index is 1070. The monoisotopic (exact) mass is 364 g/mol. The predicted octanol–water partition coefficient (Wildman–Crippen LogP) is 1.18. The van der Waals surface area contributed by atoms with Crippen LogP contribution in [0.3, 0.4) is 0 Å². The van der Waals surface area contributed by atoms with Crippen molar-refractivity contribution in [2.75, 3.05) is 0 Å². The van der Waals surface area contributed by atoms with E-state index in [0.717, 1.165) is 10.9 Å². The molecule has 6 nitrogen and oxygen atoms in total. The van der Waals surface area contributed by atoms with Crippen LogP contribution in [-0.4, -0.2) is 18.1 Å². The molecule has 0 unspecified atom stereocenters. The fraction of sp³-hybridized carbons (Fsp3) is 0.0588.